The van der Waals surface area contributed by atoms with E-state index >= 15 is 0 Å². The van der Waals surface area contributed by atoms with E-state index < -0.39 is 0 Å². The highest BCUT2D eigenvalue weighted by molar-refractivity contribution is 9.10. The lowest BCUT2D eigenvalue weighted by Crippen LogP contribution is -2.06. The highest BCUT2D eigenvalue weighted by Crippen LogP contribution is 2.37. The molecule has 21 heavy (non-hydrogen) atoms. The lowest BCUT2D eigenvalue weighted by Gasteiger charge is -2.15. The predicted molar refractivity (Wildman–Crippen MR) is 90.8 cm³/mol. The number of benzene rings is 3. The smallest absolute Gasteiger partial charge is 0.142 e. The molecule has 2 N–H and O–H groups in total. The minimum atomic E-state index is -0.0690. The molecule has 0 bridgehead atoms. The van der Waals surface area contributed by atoms with Gasteiger partial charge in [-0.2, -0.15) is 0 Å². The molecule has 0 heterocycles. The van der Waals surface area contributed by atoms with Crippen LogP contribution < -0.4 is 10.5 Å². The van der Waals surface area contributed by atoms with Gasteiger partial charge in [0.15, 0.2) is 0 Å². The molecule has 106 valence electrons. The standard InChI is InChI=1S/C18H16BrNO/c1-12(20)14-7-4-5-9-16(14)21-17-11-10-13-6-2-3-8-15(13)18(17)19/h2-12H,20H2,1H3/t12-/m0/s1. The summed E-state index contributed by atoms with van der Waals surface area (Å²) in [7, 11) is 0. The normalized spacial score (nSPS) is 12.3. The Bertz CT molecular complexity index is 783. The van der Waals surface area contributed by atoms with Crippen LogP contribution in [-0.4, -0.2) is 0 Å². The van der Waals surface area contributed by atoms with E-state index in [1.165, 1.54) is 5.39 Å². The molecule has 3 aromatic carbocycles. The fourth-order valence-electron chi connectivity index (χ4n) is 2.36. The summed E-state index contributed by atoms with van der Waals surface area (Å²) < 4.78 is 7.04. The summed E-state index contributed by atoms with van der Waals surface area (Å²) in [4.78, 5) is 0. The van der Waals surface area contributed by atoms with Crippen molar-refractivity contribution in [2.24, 2.45) is 5.73 Å². The first-order valence-corrected chi connectivity index (χ1v) is 7.65. The minimum absolute atomic E-state index is 0.0690. The fourth-order valence-corrected chi connectivity index (χ4v) is 2.93. The summed E-state index contributed by atoms with van der Waals surface area (Å²) in [6.07, 6.45) is 0. The van der Waals surface area contributed by atoms with Gasteiger partial charge in [-0.15, -0.1) is 0 Å². The number of hydrogen-bond donors (Lipinski definition) is 1. The second-order valence-corrected chi connectivity index (χ2v) is 5.82. The molecule has 3 rings (SSSR count). The van der Waals surface area contributed by atoms with Gasteiger partial charge < -0.3 is 10.5 Å². The third-order valence-corrected chi connectivity index (χ3v) is 4.28. The largest absolute Gasteiger partial charge is 0.456 e. The van der Waals surface area contributed by atoms with Crippen molar-refractivity contribution in [2.45, 2.75) is 13.0 Å². The Morgan fingerprint density at radius 2 is 1.62 bits per heavy atom. The Morgan fingerprint density at radius 3 is 2.43 bits per heavy atom. The minimum Gasteiger partial charge on any atom is -0.456 e. The molecule has 0 radical (unpaired) electrons. The van der Waals surface area contributed by atoms with Gasteiger partial charge in [0.2, 0.25) is 0 Å². The van der Waals surface area contributed by atoms with Crippen LogP contribution in [0.3, 0.4) is 0 Å². The van der Waals surface area contributed by atoms with Crippen LogP contribution in [0.2, 0.25) is 0 Å². The van der Waals surface area contributed by atoms with Crippen LogP contribution in [-0.2, 0) is 0 Å². The zero-order valence-electron chi connectivity index (χ0n) is 11.7. The van der Waals surface area contributed by atoms with E-state index in [-0.39, 0.29) is 6.04 Å². The van der Waals surface area contributed by atoms with E-state index in [2.05, 4.69) is 34.1 Å². The van der Waals surface area contributed by atoms with E-state index in [1.807, 2.05) is 49.4 Å². The van der Waals surface area contributed by atoms with Gasteiger partial charge in [0.1, 0.15) is 11.5 Å². The third kappa shape index (κ3) is 2.80. The molecule has 0 unspecified atom stereocenters. The number of ether oxygens (including phenoxy) is 1. The van der Waals surface area contributed by atoms with Crippen LogP contribution in [0, 0.1) is 0 Å². The van der Waals surface area contributed by atoms with Gasteiger partial charge in [0.25, 0.3) is 0 Å². The summed E-state index contributed by atoms with van der Waals surface area (Å²) in [6, 6.07) is 20.0. The van der Waals surface area contributed by atoms with Crippen LogP contribution >= 0.6 is 15.9 Å². The van der Waals surface area contributed by atoms with Crippen molar-refractivity contribution < 1.29 is 4.74 Å². The Hall–Kier alpha value is -1.84. The summed E-state index contributed by atoms with van der Waals surface area (Å²) in [5, 5.41) is 2.31. The lowest BCUT2D eigenvalue weighted by molar-refractivity contribution is 0.470. The first kappa shape index (κ1) is 14.1. The van der Waals surface area contributed by atoms with Crippen molar-refractivity contribution in [1.29, 1.82) is 0 Å². The highest BCUT2D eigenvalue weighted by Gasteiger charge is 2.11. The highest BCUT2D eigenvalue weighted by atomic mass is 79.9. The summed E-state index contributed by atoms with van der Waals surface area (Å²) in [5.74, 6) is 1.59. The van der Waals surface area contributed by atoms with Crippen LogP contribution in [0.1, 0.15) is 18.5 Å². The number of rotatable bonds is 3. The average Bonchev–Trinajstić information content (AvgIpc) is 2.51. The van der Waals surface area contributed by atoms with Crippen molar-refractivity contribution in [3.05, 3.63) is 70.7 Å². The van der Waals surface area contributed by atoms with E-state index in [0.29, 0.717) is 0 Å². The maximum atomic E-state index is 6.08. The molecule has 0 spiro atoms. The SMILES string of the molecule is C[C@H](N)c1ccccc1Oc1ccc2ccccc2c1Br. The van der Waals surface area contributed by atoms with Gasteiger partial charge in [-0.25, -0.2) is 0 Å². The first-order chi connectivity index (χ1) is 10.2. The fraction of sp³-hybridized carbons (Fsp3) is 0.111. The molecule has 2 nitrogen and oxygen atoms in total. The molecule has 0 saturated heterocycles. The predicted octanol–water partition coefficient (Wildman–Crippen LogP) is 5.41. The Morgan fingerprint density at radius 1 is 0.905 bits per heavy atom. The molecule has 0 aliphatic rings. The first-order valence-electron chi connectivity index (χ1n) is 6.86. The Labute approximate surface area is 132 Å². The van der Waals surface area contributed by atoms with Crippen LogP contribution in [0.15, 0.2) is 65.1 Å². The van der Waals surface area contributed by atoms with Crippen molar-refractivity contribution in [2.75, 3.05) is 0 Å². The van der Waals surface area contributed by atoms with Gasteiger partial charge >= 0.3 is 0 Å². The molecule has 0 amide bonds. The van der Waals surface area contributed by atoms with Crippen molar-refractivity contribution in [3.8, 4) is 11.5 Å². The number of halogens is 1. The molecular weight excluding hydrogens is 326 g/mol. The molecule has 1 atom stereocenters. The van der Waals surface area contributed by atoms with Crippen LogP contribution in [0.4, 0.5) is 0 Å². The lowest BCUT2D eigenvalue weighted by atomic mass is 10.1. The molecule has 3 aromatic rings. The summed E-state index contributed by atoms with van der Waals surface area (Å²) >= 11 is 3.64. The zero-order valence-corrected chi connectivity index (χ0v) is 13.3. The van der Waals surface area contributed by atoms with Crippen LogP contribution in [0.25, 0.3) is 10.8 Å². The maximum Gasteiger partial charge on any atom is 0.142 e. The summed E-state index contributed by atoms with van der Waals surface area (Å²) in [6.45, 7) is 1.96. The number of fused-ring (bicyclic) bond motifs is 1. The number of hydrogen-bond acceptors (Lipinski definition) is 2. The van der Waals surface area contributed by atoms with Gasteiger partial charge in [-0.1, -0.05) is 48.5 Å². The molecule has 0 aliphatic carbocycles. The Kier molecular flexibility index (Phi) is 3.95. The van der Waals surface area contributed by atoms with Crippen molar-refractivity contribution in [1.82, 2.24) is 0 Å². The quantitative estimate of drug-likeness (QED) is 0.690. The van der Waals surface area contributed by atoms with Gasteiger partial charge in [0, 0.05) is 11.6 Å². The second kappa shape index (κ2) is 5.88. The molecule has 0 aliphatic heterocycles. The molecule has 0 aromatic heterocycles. The van der Waals surface area contributed by atoms with Gasteiger partial charge in [0.05, 0.1) is 4.47 Å². The van der Waals surface area contributed by atoms with E-state index in [4.69, 9.17) is 10.5 Å². The molecule has 3 heteroatoms. The zero-order chi connectivity index (χ0) is 14.8. The number of nitrogens with two attached hydrogens (primary N) is 1. The number of para-hydroxylation sites is 1. The topological polar surface area (TPSA) is 35.2 Å². The van der Waals surface area contributed by atoms with E-state index in [1.54, 1.807) is 0 Å². The maximum absolute atomic E-state index is 6.08. The third-order valence-electron chi connectivity index (χ3n) is 3.46. The molecule has 0 saturated carbocycles. The monoisotopic (exact) mass is 341 g/mol. The van der Waals surface area contributed by atoms with E-state index in [0.717, 1.165) is 26.9 Å². The molecular formula is C18H16BrNO. The van der Waals surface area contributed by atoms with Crippen molar-refractivity contribution >= 4 is 26.7 Å². The Balaban J connectivity index is 2.05. The average molecular weight is 342 g/mol. The summed E-state index contributed by atoms with van der Waals surface area (Å²) in [5.41, 5.74) is 7.00. The second-order valence-electron chi connectivity index (χ2n) is 5.03. The van der Waals surface area contributed by atoms with Gasteiger partial charge in [-0.05, 0) is 45.8 Å². The molecule has 0 fully saturated rings. The van der Waals surface area contributed by atoms with Crippen molar-refractivity contribution in [3.63, 3.8) is 0 Å². The van der Waals surface area contributed by atoms with Crippen LogP contribution in [0.5, 0.6) is 11.5 Å². The van der Waals surface area contributed by atoms with Gasteiger partial charge in [-0.3, -0.25) is 0 Å². The van der Waals surface area contributed by atoms with E-state index in [9.17, 15) is 0 Å².